The Labute approximate surface area is 251 Å². The number of hydrogen-bond acceptors (Lipinski definition) is 8. The zero-order valence-electron chi connectivity index (χ0n) is 25.7. The Hall–Kier alpha value is -2.85. The van der Waals surface area contributed by atoms with Crippen LogP contribution in [0.1, 0.15) is 50.2 Å². The number of hydrogen-bond donors (Lipinski definition) is 2. The number of anilines is 1. The minimum atomic E-state index is -0.0922. The number of piperidine rings is 1. The van der Waals surface area contributed by atoms with Crippen LogP contribution in [-0.2, 0) is 25.6 Å². The summed E-state index contributed by atoms with van der Waals surface area (Å²) in [6, 6.07) is 14.5. The molecular formula is C33H49N3O6. The van der Waals surface area contributed by atoms with E-state index < -0.39 is 0 Å². The molecule has 2 aromatic rings. The second-order valence-electron chi connectivity index (χ2n) is 11.3. The topological polar surface area (TPSA) is 90.5 Å². The first-order valence-corrected chi connectivity index (χ1v) is 15.4. The molecule has 232 valence electrons. The lowest BCUT2D eigenvalue weighted by Gasteiger charge is -2.39. The van der Waals surface area contributed by atoms with Crippen LogP contribution in [0.2, 0.25) is 0 Å². The van der Waals surface area contributed by atoms with Crippen LogP contribution in [0.25, 0.3) is 0 Å². The zero-order chi connectivity index (χ0) is 29.7. The van der Waals surface area contributed by atoms with Crippen LogP contribution >= 0.6 is 0 Å². The van der Waals surface area contributed by atoms with Crippen LogP contribution in [0.3, 0.4) is 0 Å². The summed E-state index contributed by atoms with van der Waals surface area (Å²) in [7, 11) is 3.42. The minimum Gasteiger partial charge on any atom is -0.497 e. The van der Waals surface area contributed by atoms with Crippen molar-refractivity contribution in [3.05, 3.63) is 53.6 Å². The second kappa shape index (κ2) is 16.7. The number of carbonyl (C=O) groups is 1. The monoisotopic (exact) mass is 583 g/mol. The highest BCUT2D eigenvalue weighted by molar-refractivity contribution is 5.76. The summed E-state index contributed by atoms with van der Waals surface area (Å²) in [4.78, 5) is 14.6. The lowest BCUT2D eigenvalue weighted by molar-refractivity contribution is -0.123. The summed E-state index contributed by atoms with van der Waals surface area (Å²) in [6.07, 6.45) is 2.17. The van der Waals surface area contributed by atoms with Crippen molar-refractivity contribution in [3.63, 3.8) is 0 Å². The number of methoxy groups -OCH3 is 2. The molecule has 0 aromatic heterocycles. The molecule has 1 amide bonds. The van der Waals surface area contributed by atoms with Gasteiger partial charge in [0.15, 0.2) is 0 Å². The lowest BCUT2D eigenvalue weighted by Crippen LogP contribution is -2.51. The average Bonchev–Trinajstić information content (AvgIpc) is 3.02. The summed E-state index contributed by atoms with van der Waals surface area (Å²) in [6.45, 7) is 10.5. The molecule has 2 aliphatic rings. The fraction of sp³-hybridized carbons (Fsp3) is 0.606. The van der Waals surface area contributed by atoms with E-state index in [0.717, 1.165) is 73.9 Å². The van der Waals surface area contributed by atoms with Gasteiger partial charge < -0.3 is 39.2 Å². The third kappa shape index (κ3) is 9.07. The summed E-state index contributed by atoms with van der Waals surface area (Å²) in [5, 5.41) is 6.49. The third-order valence-electron chi connectivity index (χ3n) is 7.92. The molecule has 2 heterocycles. The first-order chi connectivity index (χ1) is 20.5. The minimum absolute atomic E-state index is 0.0322. The Morgan fingerprint density at radius 2 is 1.90 bits per heavy atom. The van der Waals surface area contributed by atoms with Gasteiger partial charge >= 0.3 is 0 Å². The van der Waals surface area contributed by atoms with Crippen molar-refractivity contribution in [2.24, 2.45) is 5.92 Å². The number of rotatable bonds is 16. The molecule has 1 saturated heterocycles. The van der Waals surface area contributed by atoms with Crippen molar-refractivity contribution in [1.82, 2.24) is 10.6 Å². The van der Waals surface area contributed by atoms with Gasteiger partial charge in [-0.05, 0) is 54.2 Å². The number of amides is 1. The molecular weight excluding hydrogens is 534 g/mol. The Kier molecular flexibility index (Phi) is 12.8. The molecule has 9 heteroatoms. The largest absolute Gasteiger partial charge is 0.497 e. The van der Waals surface area contributed by atoms with Gasteiger partial charge in [-0.3, -0.25) is 4.79 Å². The number of carbonyl (C=O) groups excluding carboxylic acids is 1. The van der Waals surface area contributed by atoms with E-state index in [4.69, 9.17) is 23.7 Å². The molecule has 9 nitrogen and oxygen atoms in total. The van der Waals surface area contributed by atoms with Crippen molar-refractivity contribution in [3.8, 4) is 11.5 Å². The Bertz CT molecular complexity index is 1100. The van der Waals surface area contributed by atoms with E-state index in [1.165, 1.54) is 0 Å². The van der Waals surface area contributed by atoms with Gasteiger partial charge in [0.05, 0.1) is 44.8 Å². The molecule has 0 saturated carbocycles. The van der Waals surface area contributed by atoms with Crippen LogP contribution in [0, 0.1) is 5.92 Å². The molecule has 0 aliphatic carbocycles. The van der Waals surface area contributed by atoms with Crippen molar-refractivity contribution in [1.29, 1.82) is 0 Å². The van der Waals surface area contributed by atoms with Crippen molar-refractivity contribution in [2.75, 3.05) is 71.7 Å². The fourth-order valence-electron chi connectivity index (χ4n) is 5.69. The Morgan fingerprint density at radius 3 is 2.64 bits per heavy atom. The summed E-state index contributed by atoms with van der Waals surface area (Å²) in [5.41, 5.74) is 3.38. The van der Waals surface area contributed by atoms with Gasteiger partial charge in [0.2, 0.25) is 5.91 Å². The summed E-state index contributed by atoms with van der Waals surface area (Å²) >= 11 is 0. The molecule has 4 rings (SSSR count). The standard InChI is InChI=1S/C33H49N3O6/c1-5-13-35-32(37)18-24(2)22-41-30-20-34-21-31(33(30)26-8-10-27(39-4)11-9-26)42-23-25-7-12-29-28(19-25)36(15-17-40-29)14-6-16-38-3/h7-12,19,24,30-31,33-34H,5-6,13-18,20-23H2,1-4H3,(H,35,37)/t24-,30-,31+,33-/m1/s1. The van der Waals surface area contributed by atoms with E-state index in [1.54, 1.807) is 14.2 Å². The number of nitrogens with one attached hydrogen (secondary N) is 2. The SMILES string of the molecule is CCCNC(=O)C[C@@H](C)CO[C@@H]1CNC[C@H](OCc2ccc3c(c2)N(CCCOC)CCO3)[C@@H]1c1ccc(OC)cc1. The summed E-state index contributed by atoms with van der Waals surface area (Å²) in [5.74, 6) is 1.97. The lowest BCUT2D eigenvalue weighted by atomic mass is 9.85. The number of nitrogens with zero attached hydrogens (tertiary/aromatic N) is 1. The van der Waals surface area contributed by atoms with Crippen molar-refractivity contribution in [2.45, 2.75) is 57.8 Å². The third-order valence-corrected chi connectivity index (χ3v) is 7.92. The predicted octanol–water partition coefficient (Wildman–Crippen LogP) is 4.14. The predicted molar refractivity (Wildman–Crippen MR) is 165 cm³/mol. The van der Waals surface area contributed by atoms with Crippen LogP contribution in [-0.4, -0.2) is 84.9 Å². The number of benzene rings is 2. The summed E-state index contributed by atoms with van der Waals surface area (Å²) < 4.78 is 29.8. The van der Waals surface area contributed by atoms with E-state index >= 15 is 0 Å². The molecule has 0 unspecified atom stereocenters. The molecule has 0 radical (unpaired) electrons. The van der Waals surface area contributed by atoms with Crippen LogP contribution in [0.4, 0.5) is 5.69 Å². The van der Waals surface area contributed by atoms with Crippen molar-refractivity contribution >= 4 is 11.6 Å². The average molecular weight is 584 g/mol. The van der Waals surface area contributed by atoms with Gasteiger partial charge in [0.25, 0.3) is 0 Å². The highest BCUT2D eigenvalue weighted by Crippen LogP contribution is 2.35. The van der Waals surface area contributed by atoms with E-state index in [1.807, 2.05) is 12.1 Å². The normalized spacial score (nSPS) is 20.9. The zero-order valence-corrected chi connectivity index (χ0v) is 25.7. The second-order valence-corrected chi connectivity index (χ2v) is 11.3. The van der Waals surface area contributed by atoms with E-state index in [2.05, 4.69) is 59.7 Å². The molecule has 2 aliphatic heterocycles. The van der Waals surface area contributed by atoms with E-state index in [0.29, 0.717) is 32.8 Å². The van der Waals surface area contributed by atoms with Crippen molar-refractivity contribution < 1.29 is 28.5 Å². The quantitative estimate of drug-likeness (QED) is 0.285. The molecule has 0 bridgehead atoms. The molecule has 0 spiro atoms. The molecule has 1 fully saturated rings. The van der Waals surface area contributed by atoms with Gasteiger partial charge in [0, 0.05) is 52.2 Å². The maximum atomic E-state index is 12.2. The molecule has 4 atom stereocenters. The highest BCUT2D eigenvalue weighted by Gasteiger charge is 2.36. The Balaban J connectivity index is 1.44. The smallest absolute Gasteiger partial charge is 0.220 e. The van der Waals surface area contributed by atoms with Gasteiger partial charge in [-0.15, -0.1) is 0 Å². The van der Waals surface area contributed by atoms with Crippen LogP contribution in [0.15, 0.2) is 42.5 Å². The molecule has 2 N–H and O–H groups in total. The Morgan fingerprint density at radius 1 is 1.12 bits per heavy atom. The van der Waals surface area contributed by atoms with Gasteiger partial charge in [-0.25, -0.2) is 0 Å². The maximum absolute atomic E-state index is 12.2. The first kappa shape index (κ1) is 32.1. The van der Waals surface area contributed by atoms with Crippen LogP contribution < -0.4 is 25.0 Å². The highest BCUT2D eigenvalue weighted by atomic mass is 16.5. The maximum Gasteiger partial charge on any atom is 0.220 e. The van der Waals surface area contributed by atoms with Gasteiger partial charge in [-0.1, -0.05) is 32.0 Å². The molecule has 2 aromatic carbocycles. The molecule has 42 heavy (non-hydrogen) atoms. The van der Waals surface area contributed by atoms with E-state index in [-0.39, 0.29) is 30.0 Å². The van der Waals surface area contributed by atoms with Gasteiger partial charge in [-0.2, -0.15) is 0 Å². The fourth-order valence-corrected chi connectivity index (χ4v) is 5.69. The number of fused-ring (bicyclic) bond motifs is 1. The number of ether oxygens (including phenoxy) is 5. The first-order valence-electron chi connectivity index (χ1n) is 15.4. The van der Waals surface area contributed by atoms with E-state index in [9.17, 15) is 4.79 Å². The van der Waals surface area contributed by atoms with Crippen LogP contribution in [0.5, 0.6) is 11.5 Å². The van der Waals surface area contributed by atoms with Gasteiger partial charge in [0.1, 0.15) is 18.1 Å².